The van der Waals surface area contributed by atoms with Crippen molar-refractivity contribution >= 4 is 24.5 Å². The number of phosphoric ester groups is 1. The first-order valence-electron chi connectivity index (χ1n) is 6.85. The number of non-ortho nitro benzene ring substituents is 1. The van der Waals surface area contributed by atoms with Gasteiger partial charge in [-0.2, -0.15) is 0 Å². The van der Waals surface area contributed by atoms with Crippen molar-refractivity contribution in [1.82, 2.24) is 15.0 Å². The number of phosphoric acid groups is 1. The second-order valence-electron chi connectivity index (χ2n) is 5.33. The second kappa shape index (κ2) is 5.28. The summed E-state index contributed by atoms with van der Waals surface area (Å²) in [6, 6.07) is 4.27. The highest BCUT2D eigenvalue weighted by molar-refractivity contribution is 7.47. The first kappa shape index (κ1) is 15.6. The molecule has 0 aliphatic carbocycles. The van der Waals surface area contributed by atoms with Crippen LogP contribution in [0.15, 0.2) is 18.2 Å². The van der Waals surface area contributed by atoms with E-state index in [1.54, 1.807) is 0 Å². The molecule has 128 valence electrons. The maximum atomic E-state index is 11.5. The molecule has 2 N–H and O–H groups in total. The van der Waals surface area contributed by atoms with Crippen LogP contribution in [0.5, 0.6) is 0 Å². The van der Waals surface area contributed by atoms with Crippen LogP contribution < -0.4 is 0 Å². The van der Waals surface area contributed by atoms with Crippen LogP contribution in [0.4, 0.5) is 5.69 Å². The predicted molar refractivity (Wildman–Crippen MR) is 74.7 cm³/mol. The van der Waals surface area contributed by atoms with E-state index >= 15 is 0 Å². The van der Waals surface area contributed by atoms with E-state index in [1.165, 1.54) is 22.9 Å². The lowest BCUT2D eigenvalue weighted by Crippen LogP contribution is -2.39. The molecular formula is C11H11N4O8P. The van der Waals surface area contributed by atoms with Crippen LogP contribution in [0.1, 0.15) is 6.23 Å². The number of benzene rings is 1. The van der Waals surface area contributed by atoms with Gasteiger partial charge >= 0.3 is 7.82 Å². The summed E-state index contributed by atoms with van der Waals surface area (Å²) in [7, 11) is -4.24. The van der Waals surface area contributed by atoms with Crippen LogP contribution in [0.25, 0.3) is 11.0 Å². The maximum Gasteiger partial charge on any atom is 0.472 e. The minimum atomic E-state index is -4.24. The number of hydrogen-bond donors (Lipinski definition) is 2. The number of ether oxygens (including phenoxy) is 1. The number of nitro groups is 1. The Kier molecular flexibility index (Phi) is 3.42. The van der Waals surface area contributed by atoms with Crippen LogP contribution in [-0.4, -0.2) is 54.8 Å². The molecule has 5 atom stereocenters. The zero-order valence-electron chi connectivity index (χ0n) is 11.8. The Labute approximate surface area is 133 Å². The van der Waals surface area contributed by atoms with Gasteiger partial charge in [-0.1, -0.05) is 11.3 Å². The van der Waals surface area contributed by atoms with Crippen LogP contribution >= 0.6 is 7.82 Å². The number of fused-ring (bicyclic) bond motifs is 2. The van der Waals surface area contributed by atoms with E-state index in [-0.39, 0.29) is 23.3 Å². The number of aliphatic hydroxyl groups is 1. The lowest BCUT2D eigenvalue weighted by atomic mass is 10.1. The summed E-state index contributed by atoms with van der Waals surface area (Å²) in [6.45, 7) is -0.237. The Bertz CT molecular complexity index is 871. The minimum absolute atomic E-state index is 0.0400. The molecule has 1 unspecified atom stereocenters. The molecule has 2 fully saturated rings. The Balaban J connectivity index is 1.73. The van der Waals surface area contributed by atoms with Gasteiger partial charge in [-0.05, 0) is 6.07 Å². The highest BCUT2D eigenvalue weighted by atomic mass is 31.2. The number of rotatable bonds is 2. The Morgan fingerprint density at radius 1 is 1.46 bits per heavy atom. The first-order chi connectivity index (χ1) is 11.4. The third kappa shape index (κ3) is 2.32. The zero-order chi connectivity index (χ0) is 17.1. The minimum Gasteiger partial charge on any atom is -0.385 e. The van der Waals surface area contributed by atoms with E-state index in [4.69, 9.17) is 9.26 Å². The molecule has 2 saturated heterocycles. The van der Waals surface area contributed by atoms with Crippen LogP contribution in [-0.2, 0) is 18.3 Å². The van der Waals surface area contributed by atoms with Crippen molar-refractivity contribution in [3.63, 3.8) is 0 Å². The lowest BCUT2D eigenvalue weighted by molar-refractivity contribution is -0.383. The molecule has 2 aromatic rings. The fourth-order valence-corrected chi connectivity index (χ4v) is 3.79. The van der Waals surface area contributed by atoms with E-state index in [9.17, 15) is 24.7 Å². The van der Waals surface area contributed by atoms with E-state index < -0.39 is 37.3 Å². The van der Waals surface area contributed by atoms with Gasteiger partial charge in [0.25, 0.3) is 5.69 Å². The average molecular weight is 358 g/mol. The third-order valence-corrected chi connectivity index (χ3v) is 4.87. The molecule has 2 aliphatic heterocycles. The van der Waals surface area contributed by atoms with Crippen molar-refractivity contribution in [3.8, 4) is 0 Å². The molecule has 1 aromatic heterocycles. The molecule has 3 heterocycles. The highest BCUT2D eigenvalue weighted by Crippen LogP contribution is 2.52. The molecule has 0 radical (unpaired) electrons. The molecule has 0 spiro atoms. The number of aliphatic hydroxyl groups excluding tert-OH is 1. The van der Waals surface area contributed by atoms with Gasteiger partial charge in [0.2, 0.25) is 0 Å². The number of nitro benzene ring substituents is 1. The summed E-state index contributed by atoms with van der Waals surface area (Å²) in [5.74, 6) is 0. The molecule has 4 rings (SSSR count). The highest BCUT2D eigenvalue weighted by Gasteiger charge is 2.53. The van der Waals surface area contributed by atoms with E-state index in [2.05, 4.69) is 14.8 Å². The molecule has 13 heteroatoms. The van der Waals surface area contributed by atoms with Gasteiger partial charge in [0.15, 0.2) is 11.7 Å². The van der Waals surface area contributed by atoms with Crippen LogP contribution in [0.2, 0.25) is 0 Å². The van der Waals surface area contributed by atoms with E-state index in [1.807, 2.05) is 0 Å². The summed E-state index contributed by atoms with van der Waals surface area (Å²) in [5.41, 5.74) is 0.0845. The van der Waals surface area contributed by atoms with Gasteiger partial charge in [-0.3, -0.25) is 19.2 Å². The molecule has 0 saturated carbocycles. The van der Waals surface area contributed by atoms with Gasteiger partial charge in [0.05, 0.1) is 17.0 Å². The Morgan fingerprint density at radius 2 is 2.25 bits per heavy atom. The van der Waals surface area contributed by atoms with Crippen LogP contribution in [0.3, 0.4) is 0 Å². The maximum absolute atomic E-state index is 11.5. The van der Waals surface area contributed by atoms with Gasteiger partial charge in [0, 0.05) is 6.07 Å². The fraction of sp³-hybridized carbons (Fsp3) is 0.455. The molecule has 1 aromatic carbocycles. The summed E-state index contributed by atoms with van der Waals surface area (Å²) < 4.78 is 27.7. The van der Waals surface area contributed by atoms with Gasteiger partial charge < -0.3 is 14.7 Å². The standard InChI is InChI=1S/C11H11N4O8P/c16-9-10-7(4-21-24(19,20)23-10)22-11(9)14-5-2-1-3-6(15(17)18)8(5)12-13-14/h1-3,7,9-11,16H,4H2,(H,19,20)/t7-,9-,10-,11-/m1/s1. The first-order valence-corrected chi connectivity index (χ1v) is 8.34. The zero-order valence-corrected chi connectivity index (χ0v) is 12.7. The molecule has 0 bridgehead atoms. The number of hydrogen-bond acceptors (Lipinski definition) is 9. The Hall–Kier alpha value is -1.95. The van der Waals surface area contributed by atoms with Crippen molar-refractivity contribution in [2.24, 2.45) is 0 Å². The largest absolute Gasteiger partial charge is 0.472 e. The van der Waals surface area contributed by atoms with Gasteiger partial charge in [-0.15, -0.1) is 5.10 Å². The van der Waals surface area contributed by atoms with Crippen molar-refractivity contribution < 1.29 is 33.3 Å². The molecule has 0 amide bonds. The molecule has 24 heavy (non-hydrogen) atoms. The van der Waals surface area contributed by atoms with Crippen molar-refractivity contribution in [2.75, 3.05) is 6.61 Å². The molecular weight excluding hydrogens is 347 g/mol. The summed E-state index contributed by atoms with van der Waals surface area (Å²) in [5, 5.41) is 29.0. The van der Waals surface area contributed by atoms with Crippen molar-refractivity contribution in [3.05, 3.63) is 28.3 Å². The molecule has 2 aliphatic rings. The smallest absolute Gasteiger partial charge is 0.385 e. The fourth-order valence-electron chi connectivity index (χ4n) is 2.82. The lowest BCUT2D eigenvalue weighted by Gasteiger charge is -2.27. The normalized spacial score (nSPS) is 35.9. The van der Waals surface area contributed by atoms with Gasteiger partial charge in [-0.25, -0.2) is 9.25 Å². The third-order valence-electron chi connectivity index (χ3n) is 3.89. The summed E-state index contributed by atoms with van der Waals surface area (Å²) in [6.07, 6.45) is -4.29. The number of nitrogens with zero attached hydrogens (tertiary/aromatic N) is 4. The SMILES string of the molecule is O=[N+]([O-])c1cccc2c1nnn2[C@@H]1O[C@@H]2COP(=O)(O)O[C@H]2[C@H]1O. The monoisotopic (exact) mass is 358 g/mol. The average Bonchev–Trinajstić information content (AvgIpc) is 3.08. The summed E-state index contributed by atoms with van der Waals surface area (Å²) >= 11 is 0. The van der Waals surface area contributed by atoms with Crippen molar-refractivity contribution in [2.45, 2.75) is 24.5 Å². The van der Waals surface area contributed by atoms with Crippen LogP contribution in [0, 0.1) is 10.1 Å². The van der Waals surface area contributed by atoms with E-state index in [0.29, 0.717) is 0 Å². The topological polar surface area (TPSA) is 159 Å². The quantitative estimate of drug-likeness (QED) is 0.428. The van der Waals surface area contributed by atoms with Crippen molar-refractivity contribution in [1.29, 1.82) is 0 Å². The second-order valence-corrected chi connectivity index (χ2v) is 6.73. The predicted octanol–water partition coefficient (Wildman–Crippen LogP) is 0.114. The number of aromatic nitrogens is 3. The van der Waals surface area contributed by atoms with E-state index in [0.717, 1.165) is 0 Å². The Morgan fingerprint density at radius 3 is 3.00 bits per heavy atom. The summed E-state index contributed by atoms with van der Waals surface area (Å²) in [4.78, 5) is 19.8. The van der Waals surface area contributed by atoms with Gasteiger partial charge in [0.1, 0.15) is 18.3 Å². The molecule has 12 nitrogen and oxygen atoms in total.